The van der Waals surface area contributed by atoms with Gasteiger partial charge in [0.15, 0.2) is 0 Å². The molecule has 5 nitrogen and oxygen atoms in total. The van der Waals surface area contributed by atoms with Gasteiger partial charge in [-0.1, -0.05) is 20.8 Å². The standard InChI is InChI=1S/C18H30N2O3/c1-17(2)13-7-8-18(17,3)14(10-13)19-16(22)20-9-5-6-12(11-20)15(21)23-4/h12-14H,5-11H2,1-4H3,(H,19,22)/t12-,13+,14-,18+/m0/s1. The Labute approximate surface area is 139 Å². The lowest BCUT2D eigenvalue weighted by Gasteiger charge is -2.41. The minimum atomic E-state index is -0.199. The van der Waals surface area contributed by atoms with Crippen LogP contribution in [0.2, 0.25) is 0 Å². The quantitative estimate of drug-likeness (QED) is 0.795. The van der Waals surface area contributed by atoms with E-state index in [1.807, 2.05) is 0 Å². The maximum Gasteiger partial charge on any atom is 0.317 e. The maximum atomic E-state index is 12.7. The minimum Gasteiger partial charge on any atom is -0.469 e. The molecule has 0 unspecified atom stereocenters. The van der Waals surface area contributed by atoms with Crippen LogP contribution >= 0.6 is 0 Å². The molecule has 5 heteroatoms. The predicted molar refractivity (Wildman–Crippen MR) is 87.9 cm³/mol. The summed E-state index contributed by atoms with van der Waals surface area (Å²) in [5.74, 6) is 0.337. The molecule has 2 bridgehead atoms. The van der Waals surface area contributed by atoms with Gasteiger partial charge in [0.1, 0.15) is 0 Å². The number of esters is 1. The van der Waals surface area contributed by atoms with Gasteiger partial charge in [-0.2, -0.15) is 0 Å². The summed E-state index contributed by atoms with van der Waals surface area (Å²) < 4.78 is 4.84. The molecule has 0 aromatic rings. The third-order valence-corrected chi connectivity index (χ3v) is 7.33. The molecule has 2 amide bonds. The molecule has 1 N–H and O–H groups in total. The number of rotatable bonds is 2. The molecular formula is C18H30N2O3. The first-order chi connectivity index (χ1) is 10.8. The Hall–Kier alpha value is -1.26. The van der Waals surface area contributed by atoms with Gasteiger partial charge in [-0.05, 0) is 48.9 Å². The van der Waals surface area contributed by atoms with Gasteiger partial charge in [0, 0.05) is 19.1 Å². The van der Waals surface area contributed by atoms with Crippen LogP contribution in [0.1, 0.15) is 52.9 Å². The van der Waals surface area contributed by atoms with E-state index in [9.17, 15) is 9.59 Å². The smallest absolute Gasteiger partial charge is 0.317 e. The largest absolute Gasteiger partial charge is 0.469 e. The fourth-order valence-corrected chi connectivity index (χ4v) is 5.18. The zero-order valence-corrected chi connectivity index (χ0v) is 14.9. The first-order valence-corrected chi connectivity index (χ1v) is 8.93. The molecule has 1 saturated heterocycles. The monoisotopic (exact) mass is 322 g/mol. The van der Waals surface area contributed by atoms with Gasteiger partial charge in [0.25, 0.3) is 0 Å². The average Bonchev–Trinajstić information content (AvgIpc) is 2.87. The molecule has 130 valence electrons. The second kappa shape index (κ2) is 5.67. The number of fused-ring (bicyclic) bond motifs is 2. The molecule has 0 aromatic heterocycles. The fourth-order valence-electron chi connectivity index (χ4n) is 5.18. The molecule has 1 aliphatic heterocycles. The summed E-state index contributed by atoms with van der Waals surface area (Å²) in [6.07, 6.45) is 5.24. The third-order valence-electron chi connectivity index (χ3n) is 7.33. The lowest BCUT2D eigenvalue weighted by Crippen LogP contribution is -2.53. The fraction of sp³-hybridized carbons (Fsp3) is 0.889. The zero-order valence-electron chi connectivity index (χ0n) is 14.9. The number of carbonyl (C=O) groups is 2. The van der Waals surface area contributed by atoms with Crippen LogP contribution in [0.25, 0.3) is 0 Å². The Balaban J connectivity index is 1.63. The lowest BCUT2D eigenvalue weighted by molar-refractivity contribution is -0.146. The van der Waals surface area contributed by atoms with Crippen molar-refractivity contribution < 1.29 is 14.3 Å². The number of nitrogens with zero attached hydrogens (tertiary/aromatic N) is 1. The summed E-state index contributed by atoms with van der Waals surface area (Å²) in [5.41, 5.74) is 0.478. The Bertz CT molecular complexity index is 504. The molecule has 0 aromatic carbocycles. The Morgan fingerprint density at radius 2 is 1.96 bits per heavy atom. The van der Waals surface area contributed by atoms with E-state index < -0.39 is 0 Å². The van der Waals surface area contributed by atoms with E-state index in [0.717, 1.165) is 25.8 Å². The topological polar surface area (TPSA) is 58.6 Å². The Morgan fingerprint density at radius 1 is 1.22 bits per heavy atom. The molecule has 23 heavy (non-hydrogen) atoms. The van der Waals surface area contributed by atoms with Crippen LogP contribution in [0.5, 0.6) is 0 Å². The Morgan fingerprint density at radius 3 is 2.52 bits per heavy atom. The van der Waals surface area contributed by atoms with Crippen LogP contribution in [0, 0.1) is 22.7 Å². The number of likely N-dealkylation sites (tertiary alicyclic amines) is 1. The normalized spacial score (nSPS) is 38.4. The highest BCUT2D eigenvalue weighted by molar-refractivity contribution is 5.77. The molecule has 1 heterocycles. The Kier molecular flexibility index (Phi) is 4.09. The van der Waals surface area contributed by atoms with E-state index in [1.54, 1.807) is 4.90 Å². The van der Waals surface area contributed by atoms with E-state index in [2.05, 4.69) is 26.1 Å². The van der Waals surface area contributed by atoms with Crippen molar-refractivity contribution in [3.8, 4) is 0 Å². The van der Waals surface area contributed by atoms with Crippen molar-refractivity contribution in [3.05, 3.63) is 0 Å². The summed E-state index contributed by atoms with van der Waals surface area (Å²) in [4.78, 5) is 26.2. The number of ether oxygens (including phenoxy) is 1. The van der Waals surface area contributed by atoms with Gasteiger partial charge in [0.05, 0.1) is 13.0 Å². The molecular weight excluding hydrogens is 292 g/mol. The van der Waals surface area contributed by atoms with E-state index in [1.165, 1.54) is 20.0 Å². The second-order valence-corrected chi connectivity index (χ2v) is 8.42. The molecule has 2 aliphatic carbocycles. The summed E-state index contributed by atoms with van der Waals surface area (Å²) in [6, 6.07) is 0.246. The highest BCUT2D eigenvalue weighted by Crippen LogP contribution is 2.65. The van der Waals surface area contributed by atoms with Gasteiger partial charge >= 0.3 is 12.0 Å². The van der Waals surface area contributed by atoms with E-state index in [4.69, 9.17) is 4.74 Å². The average molecular weight is 322 g/mol. The van der Waals surface area contributed by atoms with Gasteiger partial charge < -0.3 is 15.0 Å². The highest BCUT2D eigenvalue weighted by Gasteiger charge is 2.61. The van der Waals surface area contributed by atoms with E-state index >= 15 is 0 Å². The van der Waals surface area contributed by atoms with Gasteiger partial charge in [0.2, 0.25) is 0 Å². The summed E-state index contributed by atoms with van der Waals surface area (Å²) >= 11 is 0. The number of hydrogen-bond donors (Lipinski definition) is 1. The molecule has 2 saturated carbocycles. The first kappa shape index (κ1) is 16.6. The predicted octanol–water partition coefficient (Wildman–Crippen LogP) is 2.80. The number of carbonyl (C=O) groups excluding carboxylic acids is 2. The number of hydrogen-bond acceptors (Lipinski definition) is 3. The van der Waals surface area contributed by atoms with Gasteiger partial charge in [-0.25, -0.2) is 4.79 Å². The van der Waals surface area contributed by atoms with Crippen molar-refractivity contribution in [2.75, 3.05) is 20.2 Å². The van der Waals surface area contributed by atoms with Crippen molar-refractivity contribution in [2.24, 2.45) is 22.7 Å². The molecule has 4 atom stereocenters. The van der Waals surface area contributed by atoms with Crippen LogP contribution < -0.4 is 5.32 Å². The van der Waals surface area contributed by atoms with Crippen molar-refractivity contribution in [3.63, 3.8) is 0 Å². The zero-order chi connectivity index (χ0) is 16.8. The number of urea groups is 1. The van der Waals surface area contributed by atoms with Crippen LogP contribution in [-0.2, 0) is 9.53 Å². The molecule has 3 aliphatic rings. The number of nitrogens with one attached hydrogen (secondary N) is 1. The summed E-state index contributed by atoms with van der Waals surface area (Å²) in [5, 5.41) is 3.29. The maximum absolute atomic E-state index is 12.7. The van der Waals surface area contributed by atoms with Crippen molar-refractivity contribution in [1.29, 1.82) is 0 Å². The SMILES string of the molecule is COC(=O)[C@H]1CCCN(C(=O)N[C@H]2C[C@H]3CC[C@@]2(C)C3(C)C)C1. The second-order valence-electron chi connectivity index (χ2n) is 8.42. The first-order valence-electron chi connectivity index (χ1n) is 8.93. The third kappa shape index (κ3) is 2.52. The molecule has 0 radical (unpaired) electrons. The van der Waals surface area contributed by atoms with Crippen molar-refractivity contribution in [1.82, 2.24) is 10.2 Å². The number of methoxy groups -OCH3 is 1. The van der Waals surface area contributed by atoms with Gasteiger partial charge in [-0.3, -0.25) is 4.79 Å². The van der Waals surface area contributed by atoms with Crippen LogP contribution in [0.4, 0.5) is 4.79 Å². The van der Waals surface area contributed by atoms with E-state index in [-0.39, 0.29) is 29.4 Å². The van der Waals surface area contributed by atoms with Crippen LogP contribution in [0.3, 0.4) is 0 Å². The van der Waals surface area contributed by atoms with E-state index in [0.29, 0.717) is 17.9 Å². The molecule has 3 rings (SSSR count). The molecule has 3 fully saturated rings. The molecule has 0 spiro atoms. The van der Waals surface area contributed by atoms with Crippen molar-refractivity contribution in [2.45, 2.75) is 58.9 Å². The minimum absolute atomic E-state index is 0.00632. The highest BCUT2D eigenvalue weighted by atomic mass is 16.5. The lowest BCUT2D eigenvalue weighted by atomic mass is 9.69. The summed E-state index contributed by atoms with van der Waals surface area (Å²) in [7, 11) is 1.42. The number of amides is 2. The number of piperidine rings is 1. The summed E-state index contributed by atoms with van der Waals surface area (Å²) in [6.45, 7) is 8.25. The van der Waals surface area contributed by atoms with Crippen LogP contribution in [-0.4, -0.2) is 43.1 Å². The van der Waals surface area contributed by atoms with Gasteiger partial charge in [-0.15, -0.1) is 0 Å². The van der Waals surface area contributed by atoms with Crippen molar-refractivity contribution >= 4 is 12.0 Å². The van der Waals surface area contributed by atoms with Crippen LogP contribution in [0.15, 0.2) is 0 Å².